The van der Waals surface area contributed by atoms with Crippen LogP contribution in [-0.4, -0.2) is 21.3 Å². The Labute approximate surface area is 165 Å². The van der Waals surface area contributed by atoms with Gasteiger partial charge < -0.3 is 9.77 Å². The molecule has 6 heteroatoms. The second kappa shape index (κ2) is 6.49. The van der Waals surface area contributed by atoms with Crippen molar-refractivity contribution in [3.8, 4) is 0 Å². The van der Waals surface area contributed by atoms with Gasteiger partial charge in [-0.15, -0.1) is 0 Å². The van der Waals surface area contributed by atoms with Crippen molar-refractivity contribution in [1.82, 2.24) is 4.57 Å². The molecule has 4 aromatic rings. The molecule has 1 aliphatic carbocycles. The standard InChI is InChI=1S/C23H16N2O4/c26-20-11-12-21(27)22-18(20)10-9-17-16-3-1-2-4-19(16)24(23(17)22)13-14-5-7-15(8-6-14)25(28)29/h1-12,25,28H,13H2. The molecule has 3 aromatic carbocycles. The van der Waals surface area contributed by atoms with E-state index in [2.05, 4.69) is 0 Å². The highest BCUT2D eigenvalue weighted by atomic mass is 16.8. The van der Waals surface area contributed by atoms with Gasteiger partial charge in [-0.2, -0.15) is 5.23 Å². The number of nitrogens with zero attached hydrogens (tertiary/aromatic N) is 1. The molecule has 0 aliphatic heterocycles. The van der Waals surface area contributed by atoms with Gasteiger partial charge in [0.2, 0.25) is 0 Å². The summed E-state index contributed by atoms with van der Waals surface area (Å²) < 4.78 is 2.03. The summed E-state index contributed by atoms with van der Waals surface area (Å²) in [6.07, 6.45) is 2.64. The first-order valence-electron chi connectivity index (χ1n) is 9.17. The SMILES string of the molecule is O=C1C=CC(=O)c2c1ccc1c3ccccc3n(Cc3ccc([NH+]([O-])O)cc3)c21. The average Bonchev–Trinajstić information content (AvgIpc) is 3.05. The van der Waals surface area contributed by atoms with Crippen LogP contribution in [0.25, 0.3) is 21.8 Å². The van der Waals surface area contributed by atoms with Crippen molar-refractivity contribution in [2.24, 2.45) is 0 Å². The van der Waals surface area contributed by atoms with E-state index in [1.165, 1.54) is 12.2 Å². The molecule has 142 valence electrons. The van der Waals surface area contributed by atoms with Gasteiger partial charge in [-0.3, -0.25) is 9.59 Å². The van der Waals surface area contributed by atoms with Gasteiger partial charge in [-0.1, -0.05) is 36.4 Å². The third-order valence-electron chi connectivity index (χ3n) is 5.37. The lowest BCUT2D eigenvalue weighted by Crippen LogP contribution is -2.99. The highest BCUT2D eigenvalue weighted by molar-refractivity contribution is 6.28. The Morgan fingerprint density at radius 2 is 1.59 bits per heavy atom. The van der Waals surface area contributed by atoms with E-state index < -0.39 is 5.23 Å². The predicted molar refractivity (Wildman–Crippen MR) is 109 cm³/mol. The molecule has 0 saturated carbocycles. The van der Waals surface area contributed by atoms with Crippen LogP contribution >= 0.6 is 0 Å². The largest absolute Gasteiger partial charge is 0.595 e. The number of hydrogen-bond acceptors (Lipinski definition) is 4. The number of nitrogens with one attached hydrogen (secondary N) is 1. The number of rotatable bonds is 3. The van der Waals surface area contributed by atoms with E-state index in [0.717, 1.165) is 27.4 Å². The normalized spacial score (nSPS) is 14.6. The van der Waals surface area contributed by atoms with Crippen molar-refractivity contribution < 1.29 is 20.0 Å². The maximum absolute atomic E-state index is 12.7. The minimum absolute atomic E-state index is 0.177. The zero-order valence-corrected chi connectivity index (χ0v) is 15.3. The van der Waals surface area contributed by atoms with Gasteiger partial charge in [-0.25, -0.2) is 5.21 Å². The summed E-state index contributed by atoms with van der Waals surface area (Å²) in [5.74, 6) is -0.361. The molecule has 0 saturated heterocycles. The van der Waals surface area contributed by atoms with Crippen LogP contribution in [0.15, 0.2) is 72.8 Å². The lowest BCUT2D eigenvalue weighted by atomic mass is 9.92. The Hall–Kier alpha value is -3.58. The Kier molecular flexibility index (Phi) is 3.92. The van der Waals surface area contributed by atoms with E-state index in [-0.39, 0.29) is 17.3 Å². The van der Waals surface area contributed by atoms with Crippen LogP contribution in [0.5, 0.6) is 0 Å². The Morgan fingerprint density at radius 3 is 2.34 bits per heavy atom. The monoisotopic (exact) mass is 384 g/mol. The first-order chi connectivity index (χ1) is 14.0. The second-order valence-corrected chi connectivity index (χ2v) is 7.05. The van der Waals surface area contributed by atoms with E-state index in [4.69, 9.17) is 5.21 Å². The van der Waals surface area contributed by atoms with Crippen LogP contribution < -0.4 is 5.23 Å². The molecule has 0 fully saturated rings. The first-order valence-corrected chi connectivity index (χ1v) is 9.17. The van der Waals surface area contributed by atoms with Crippen LogP contribution in [0.4, 0.5) is 5.69 Å². The molecule has 0 radical (unpaired) electrons. The summed E-state index contributed by atoms with van der Waals surface area (Å²) in [4.78, 5) is 25.1. The molecule has 1 aromatic heterocycles. The second-order valence-electron chi connectivity index (χ2n) is 7.05. The van der Waals surface area contributed by atoms with Crippen LogP contribution in [-0.2, 0) is 6.54 Å². The van der Waals surface area contributed by atoms with Crippen LogP contribution in [0.1, 0.15) is 26.3 Å². The van der Waals surface area contributed by atoms with Gasteiger partial charge in [0.1, 0.15) is 0 Å². The average molecular weight is 384 g/mol. The minimum atomic E-state index is -0.974. The molecule has 29 heavy (non-hydrogen) atoms. The van der Waals surface area contributed by atoms with Crippen molar-refractivity contribution in [2.45, 2.75) is 6.54 Å². The van der Waals surface area contributed by atoms with Crippen LogP contribution in [0, 0.1) is 5.21 Å². The molecule has 1 unspecified atom stereocenters. The highest BCUT2D eigenvalue weighted by Crippen LogP contribution is 2.35. The van der Waals surface area contributed by atoms with Gasteiger partial charge in [0.15, 0.2) is 17.3 Å². The zero-order chi connectivity index (χ0) is 20.1. The molecule has 0 bridgehead atoms. The predicted octanol–water partition coefficient (Wildman–Crippen LogP) is 3.18. The number of aromatic nitrogens is 1. The van der Waals surface area contributed by atoms with Gasteiger partial charge in [0.05, 0.1) is 11.1 Å². The summed E-state index contributed by atoms with van der Waals surface area (Å²) in [6, 6.07) is 18.2. The molecular weight excluding hydrogens is 368 g/mol. The first kappa shape index (κ1) is 17.5. The molecule has 5 rings (SSSR count). The molecule has 0 amide bonds. The van der Waals surface area contributed by atoms with E-state index in [0.29, 0.717) is 17.7 Å². The van der Waals surface area contributed by atoms with Crippen molar-refractivity contribution >= 4 is 39.1 Å². The van der Waals surface area contributed by atoms with Gasteiger partial charge >= 0.3 is 0 Å². The number of carbonyl (C=O) groups is 2. The van der Waals surface area contributed by atoms with Crippen molar-refractivity contribution in [3.05, 3.63) is 94.7 Å². The topological polar surface area (TPSA) is 86.8 Å². The van der Waals surface area contributed by atoms with Crippen LogP contribution in [0.3, 0.4) is 0 Å². The highest BCUT2D eigenvalue weighted by Gasteiger charge is 2.25. The molecule has 1 aliphatic rings. The van der Waals surface area contributed by atoms with Gasteiger partial charge in [0.25, 0.3) is 0 Å². The molecule has 6 nitrogen and oxygen atoms in total. The summed E-state index contributed by atoms with van der Waals surface area (Å²) in [5, 5.41) is 21.2. The number of fused-ring (bicyclic) bond motifs is 5. The molecular formula is C23H16N2O4. The van der Waals surface area contributed by atoms with Crippen molar-refractivity contribution in [2.75, 3.05) is 0 Å². The Morgan fingerprint density at radius 1 is 0.862 bits per heavy atom. The van der Waals surface area contributed by atoms with E-state index in [1.807, 2.05) is 34.9 Å². The summed E-state index contributed by atoms with van der Waals surface area (Å²) in [7, 11) is 0. The summed E-state index contributed by atoms with van der Waals surface area (Å²) in [5.41, 5.74) is 3.64. The number of benzene rings is 3. The summed E-state index contributed by atoms with van der Waals surface area (Å²) >= 11 is 0. The van der Waals surface area contributed by atoms with Crippen molar-refractivity contribution in [1.29, 1.82) is 0 Å². The fraction of sp³-hybridized carbons (Fsp3) is 0.0435. The molecule has 1 heterocycles. The lowest BCUT2D eigenvalue weighted by Gasteiger charge is -2.15. The summed E-state index contributed by atoms with van der Waals surface area (Å²) in [6.45, 7) is 0.450. The van der Waals surface area contributed by atoms with E-state index >= 15 is 0 Å². The lowest BCUT2D eigenvalue weighted by molar-refractivity contribution is -0.991. The third-order valence-corrected chi connectivity index (χ3v) is 5.37. The van der Waals surface area contributed by atoms with Gasteiger partial charge in [0, 0.05) is 40.5 Å². The van der Waals surface area contributed by atoms with Gasteiger partial charge in [-0.05, 0) is 29.8 Å². The number of ketones is 2. The Balaban J connectivity index is 1.78. The van der Waals surface area contributed by atoms with E-state index in [1.54, 1.807) is 30.3 Å². The van der Waals surface area contributed by atoms with E-state index in [9.17, 15) is 14.8 Å². The molecule has 2 N–H and O–H groups in total. The van der Waals surface area contributed by atoms with Crippen molar-refractivity contribution in [3.63, 3.8) is 0 Å². The molecule has 1 atom stereocenters. The molecule has 0 spiro atoms. The third kappa shape index (κ3) is 2.70. The Bertz CT molecular complexity index is 1330. The zero-order valence-electron chi connectivity index (χ0n) is 15.3. The number of quaternary nitrogens is 1. The quantitative estimate of drug-likeness (QED) is 0.531. The number of para-hydroxylation sites is 1. The number of allylic oxidation sites excluding steroid dienone is 2. The minimum Gasteiger partial charge on any atom is -0.595 e. The fourth-order valence-corrected chi connectivity index (χ4v) is 4.02. The van der Waals surface area contributed by atoms with Crippen LogP contribution in [0.2, 0.25) is 0 Å². The maximum Gasteiger partial charge on any atom is 0.188 e. The number of carbonyl (C=O) groups excluding carboxylic acids is 2. The smallest absolute Gasteiger partial charge is 0.188 e. The number of hydrogen-bond donors (Lipinski definition) is 2. The fourth-order valence-electron chi connectivity index (χ4n) is 4.02. The maximum atomic E-state index is 12.7.